The smallest absolute Gasteiger partial charge is 0.0675 e. The lowest BCUT2D eigenvalue weighted by Gasteiger charge is -2.14. The van der Waals surface area contributed by atoms with Crippen LogP contribution in [0, 0.1) is 0 Å². The van der Waals surface area contributed by atoms with Crippen LogP contribution in [0.3, 0.4) is 0 Å². The van der Waals surface area contributed by atoms with E-state index in [-0.39, 0.29) is 0 Å². The molecule has 0 rings (SSSR count). The van der Waals surface area contributed by atoms with Crippen LogP contribution in [0.15, 0.2) is 0 Å². The van der Waals surface area contributed by atoms with Gasteiger partial charge in [-0.3, -0.25) is 0 Å². The van der Waals surface area contributed by atoms with E-state index in [9.17, 15) is 0 Å². The lowest BCUT2D eigenvalue weighted by molar-refractivity contribution is -0.849. The number of hydrogen-bond donors (Lipinski definition) is 0. The Labute approximate surface area is 50.1 Å². The standard InChI is InChI=1S/C4H12N.CH2O2/c1-5(2,3)4;2-1-3/h1-4H3;1H,(H,2,3)/q+1;/p-1. The largest absolute Gasteiger partial charge is 0.554 e. The number of quaternary nitrogens is 1. The van der Waals surface area contributed by atoms with E-state index in [1.54, 1.807) is 0 Å². The lowest BCUT2D eigenvalue weighted by atomic mass is 10.8. The van der Waals surface area contributed by atoms with Crippen molar-refractivity contribution >= 4 is 6.47 Å². The summed E-state index contributed by atoms with van der Waals surface area (Å²) in [6.07, 6.45) is 0. The molecule has 0 aliphatic carbocycles. The van der Waals surface area contributed by atoms with Gasteiger partial charge in [0.05, 0.1) is 28.2 Å². The van der Waals surface area contributed by atoms with Gasteiger partial charge >= 0.3 is 0 Å². The Kier molecular flexibility index (Phi) is 5.97. The molecule has 3 nitrogen and oxygen atoms in total. The highest BCUT2D eigenvalue weighted by Gasteiger charge is 1.88. The Morgan fingerprint density at radius 3 is 1.25 bits per heavy atom. The second-order valence-electron chi connectivity index (χ2n) is 2.78. The third-order valence-electron chi connectivity index (χ3n) is 0. The van der Waals surface area contributed by atoms with Crippen LogP contribution >= 0.6 is 0 Å². The van der Waals surface area contributed by atoms with Gasteiger partial charge in [0.2, 0.25) is 0 Å². The molecular formula is C5H13NO2. The van der Waals surface area contributed by atoms with Crippen molar-refractivity contribution in [2.75, 3.05) is 28.2 Å². The molecule has 0 aliphatic heterocycles. The minimum absolute atomic E-state index is 0.500. The summed E-state index contributed by atoms with van der Waals surface area (Å²) in [5, 5.41) is 8.25. The summed E-state index contributed by atoms with van der Waals surface area (Å²) in [6, 6.07) is 0. The molecule has 0 radical (unpaired) electrons. The van der Waals surface area contributed by atoms with Gasteiger partial charge in [0.15, 0.2) is 0 Å². The zero-order valence-corrected chi connectivity index (χ0v) is 5.84. The number of carbonyl (C=O) groups is 1. The molecule has 0 N–H and O–H groups in total. The van der Waals surface area contributed by atoms with E-state index in [0.717, 1.165) is 4.48 Å². The Bertz CT molecular complexity index is 49.9. The fourth-order valence-corrected chi connectivity index (χ4v) is 0. The molecule has 0 bridgehead atoms. The van der Waals surface area contributed by atoms with Crippen molar-refractivity contribution < 1.29 is 14.4 Å². The minimum atomic E-state index is -0.500. The molecule has 0 atom stereocenters. The van der Waals surface area contributed by atoms with Crippen molar-refractivity contribution in [1.29, 1.82) is 0 Å². The SMILES string of the molecule is C[N+](C)(C)C.O=C[O-]. The molecule has 0 aromatic heterocycles. The maximum absolute atomic E-state index is 8.25. The van der Waals surface area contributed by atoms with Crippen molar-refractivity contribution in [3.05, 3.63) is 0 Å². The molecule has 0 saturated carbocycles. The van der Waals surface area contributed by atoms with Gasteiger partial charge in [0.1, 0.15) is 0 Å². The van der Waals surface area contributed by atoms with E-state index >= 15 is 0 Å². The number of rotatable bonds is 0. The summed E-state index contributed by atoms with van der Waals surface area (Å²) >= 11 is 0. The summed E-state index contributed by atoms with van der Waals surface area (Å²) in [4.78, 5) is 8.25. The number of carbonyl (C=O) groups excluding carboxylic acids is 1. The summed E-state index contributed by atoms with van der Waals surface area (Å²) in [5.74, 6) is 0. The van der Waals surface area contributed by atoms with E-state index in [1.807, 2.05) is 0 Å². The van der Waals surface area contributed by atoms with Crippen molar-refractivity contribution in [3.63, 3.8) is 0 Å². The first kappa shape index (κ1) is 10.4. The molecule has 0 heterocycles. The summed E-state index contributed by atoms with van der Waals surface area (Å²) in [6.45, 7) is -0.500. The van der Waals surface area contributed by atoms with E-state index < -0.39 is 6.47 Å². The van der Waals surface area contributed by atoms with Gasteiger partial charge in [-0.05, 0) is 0 Å². The Morgan fingerprint density at radius 2 is 1.25 bits per heavy atom. The highest BCUT2D eigenvalue weighted by Crippen LogP contribution is 1.73. The second kappa shape index (κ2) is 4.59. The first-order valence-corrected chi connectivity index (χ1v) is 2.26. The molecule has 0 amide bonds. The third kappa shape index (κ3) is 328. The summed E-state index contributed by atoms with van der Waals surface area (Å²) in [7, 11) is 8.50. The lowest BCUT2D eigenvalue weighted by Crippen LogP contribution is -2.27. The van der Waals surface area contributed by atoms with Gasteiger partial charge in [0, 0.05) is 6.47 Å². The predicted molar refractivity (Wildman–Crippen MR) is 30.0 cm³/mol. The first-order chi connectivity index (χ1) is 3.41. The van der Waals surface area contributed by atoms with E-state index in [2.05, 4.69) is 28.2 Å². The molecule has 0 fully saturated rings. The molecule has 50 valence electrons. The highest BCUT2D eigenvalue weighted by molar-refractivity contribution is 5.29. The molecule has 8 heavy (non-hydrogen) atoms. The number of carboxylic acid groups (broad SMARTS) is 1. The van der Waals surface area contributed by atoms with Crippen LogP contribution < -0.4 is 5.11 Å². The molecule has 0 aromatic carbocycles. The molecular weight excluding hydrogens is 106 g/mol. The van der Waals surface area contributed by atoms with Crippen molar-refractivity contribution in [1.82, 2.24) is 0 Å². The van der Waals surface area contributed by atoms with Crippen molar-refractivity contribution in [2.45, 2.75) is 0 Å². The Morgan fingerprint density at radius 1 is 1.25 bits per heavy atom. The maximum Gasteiger partial charge on any atom is 0.0675 e. The Hall–Kier alpha value is -0.570. The fourth-order valence-electron chi connectivity index (χ4n) is 0. The van der Waals surface area contributed by atoms with Gasteiger partial charge in [-0.25, -0.2) is 0 Å². The molecule has 0 saturated heterocycles. The van der Waals surface area contributed by atoms with Crippen LogP contribution in [0.25, 0.3) is 0 Å². The van der Waals surface area contributed by atoms with Gasteiger partial charge in [-0.2, -0.15) is 0 Å². The first-order valence-electron chi connectivity index (χ1n) is 2.26. The van der Waals surface area contributed by atoms with E-state index in [0.29, 0.717) is 0 Å². The van der Waals surface area contributed by atoms with Crippen LogP contribution in [-0.4, -0.2) is 39.1 Å². The van der Waals surface area contributed by atoms with Gasteiger partial charge in [-0.1, -0.05) is 0 Å². The van der Waals surface area contributed by atoms with Crippen molar-refractivity contribution in [3.8, 4) is 0 Å². The normalized spacial score (nSPS) is 9.00. The fraction of sp³-hybridized carbons (Fsp3) is 0.800. The van der Waals surface area contributed by atoms with Gasteiger partial charge in [0.25, 0.3) is 0 Å². The van der Waals surface area contributed by atoms with Crippen LogP contribution in [0.2, 0.25) is 0 Å². The predicted octanol–water partition coefficient (Wildman–Crippen LogP) is -1.31. The zero-order valence-electron chi connectivity index (χ0n) is 5.84. The summed E-state index contributed by atoms with van der Waals surface area (Å²) in [5.41, 5.74) is 0. The zero-order chi connectivity index (χ0) is 7.21. The maximum atomic E-state index is 8.25. The minimum Gasteiger partial charge on any atom is -0.554 e. The number of hydrogen-bond acceptors (Lipinski definition) is 2. The molecule has 0 unspecified atom stereocenters. The topological polar surface area (TPSA) is 40.1 Å². The van der Waals surface area contributed by atoms with Crippen molar-refractivity contribution in [2.24, 2.45) is 0 Å². The monoisotopic (exact) mass is 119 g/mol. The van der Waals surface area contributed by atoms with Crippen LogP contribution in [0.5, 0.6) is 0 Å². The quantitative estimate of drug-likeness (QED) is 0.293. The molecule has 0 aromatic rings. The van der Waals surface area contributed by atoms with Gasteiger partial charge < -0.3 is 14.4 Å². The van der Waals surface area contributed by atoms with Gasteiger partial charge in [-0.15, -0.1) is 0 Å². The van der Waals surface area contributed by atoms with E-state index in [1.165, 1.54) is 0 Å². The summed E-state index contributed by atoms with van der Waals surface area (Å²) < 4.78 is 1.00. The van der Waals surface area contributed by atoms with E-state index in [4.69, 9.17) is 9.90 Å². The van der Waals surface area contributed by atoms with Crippen LogP contribution in [0.4, 0.5) is 0 Å². The third-order valence-corrected chi connectivity index (χ3v) is 0. The average molecular weight is 119 g/mol. The molecule has 0 aliphatic rings. The van der Waals surface area contributed by atoms with Crippen LogP contribution in [0.1, 0.15) is 0 Å². The molecule has 3 heteroatoms. The van der Waals surface area contributed by atoms with Crippen LogP contribution in [-0.2, 0) is 4.79 Å². The molecule has 0 spiro atoms. The Balaban J connectivity index is 0. The number of nitrogens with zero attached hydrogens (tertiary/aromatic N) is 1. The second-order valence-corrected chi connectivity index (χ2v) is 2.78. The average Bonchev–Trinajstić information content (AvgIpc) is 1.27. The highest BCUT2D eigenvalue weighted by atomic mass is 16.3.